The topological polar surface area (TPSA) is 89.5 Å². The number of nitrogens with zero attached hydrogens (tertiary/aromatic N) is 1. The number of hydroxylamine groups is 2. The number of amides is 2. The first-order chi connectivity index (χ1) is 12.7. The molecule has 0 aliphatic heterocycles. The Morgan fingerprint density at radius 1 is 0.962 bits per heavy atom. The van der Waals surface area contributed by atoms with Crippen LogP contribution in [0.5, 0.6) is 0 Å². The van der Waals surface area contributed by atoms with E-state index in [0.717, 1.165) is 42.2 Å². The molecule has 1 aromatic rings. The minimum absolute atomic E-state index is 0.0835. The third kappa shape index (κ3) is 11.3. The Hall–Kier alpha value is -1.29. The Morgan fingerprint density at radius 2 is 1.54 bits per heavy atom. The summed E-state index contributed by atoms with van der Waals surface area (Å²) in [7, 11) is 2.87. The first kappa shape index (κ1) is 22.8. The molecule has 0 bridgehead atoms. The van der Waals surface area contributed by atoms with E-state index in [1.807, 2.05) is 12.3 Å². The number of nitrogens with one attached hydrogen (secondary N) is 2. The number of pyridine rings is 1. The second kappa shape index (κ2) is 14.8. The van der Waals surface area contributed by atoms with Gasteiger partial charge in [-0.25, -0.2) is 15.9 Å². The Bertz CT molecular complexity index is 503. The number of carbonyl (C=O) groups is 2. The summed E-state index contributed by atoms with van der Waals surface area (Å²) in [5.74, 6) is 1.72. The maximum Gasteiger partial charge on any atom is 0.243 e. The number of carbonyl (C=O) groups excluding carboxylic acids is 2. The molecular weight excluding hydrogens is 374 g/mol. The van der Waals surface area contributed by atoms with Gasteiger partial charge in [0, 0.05) is 23.9 Å². The van der Waals surface area contributed by atoms with E-state index in [2.05, 4.69) is 31.7 Å². The first-order valence-corrected chi connectivity index (χ1v) is 10.5. The number of hydrogen-bond acceptors (Lipinski definition) is 7. The third-order valence-electron chi connectivity index (χ3n) is 3.25. The summed E-state index contributed by atoms with van der Waals surface area (Å²) >= 11 is 3.47. The van der Waals surface area contributed by atoms with E-state index in [0.29, 0.717) is 12.8 Å². The molecule has 0 saturated heterocycles. The van der Waals surface area contributed by atoms with Gasteiger partial charge in [0.15, 0.2) is 0 Å². The molecule has 0 radical (unpaired) electrons. The van der Waals surface area contributed by atoms with Crippen LogP contribution < -0.4 is 11.0 Å². The minimum Gasteiger partial charge on any atom is -0.277 e. The lowest BCUT2D eigenvalue weighted by atomic mass is 10.2. The van der Waals surface area contributed by atoms with Gasteiger partial charge in [-0.15, -0.1) is 23.5 Å². The van der Waals surface area contributed by atoms with Gasteiger partial charge in [0.05, 0.1) is 19.2 Å². The average molecular weight is 402 g/mol. The molecule has 0 spiro atoms. The summed E-state index contributed by atoms with van der Waals surface area (Å²) in [6.45, 7) is 0. The molecule has 26 heavy (non-hydrogen) atoms. The van der Waals surface area contributed by atoms with Crippen LogP contribution in [0.25, 0.3) is 0 Å². The predicted molar refractivity (Wildman–Crippen MR) is 104 cm³/mol. The predicted octanol–water partition coefficient (Wildman–Crippen LogP) is 2.96. The van der Waals surface area contributed by atoms with Crippen molar-refractivity contribution in [2.45, 2.75) is 48.4 Å². The molecule has 0 aliphatic rings. The van der Waals surface area contributed by atoms with E-state index in [1.165, 1.54) is 19.1 Å². The van der Waals surface area contributed by atoms with Crippen molar-refractivity contribution in [3.05, 3.63) is 18.3 Å². The van der Waals surface area contributed by atoms with Crippen molar-refractivity contribution in [2.24, 2.45) is 0 Å². The Labute approximate surface area is 163 Å². The maximum absolute atomic E-state index is 11.3. The highest BCUT2D eigenvalue weighted by Crippen LogP contribution is 2.24. The number of thioether (sulfide) groups is 2. The average Bonchev–Trinajstić information content (AvgIpc) is 2.62. The fourth-order valence-corrected chi connectivity index (χ4v) is 3.95. The van der Waals surface area contributed by atoms with Crippen LogP contribution in [0.15, 0.2) is 28.3 Å². The standard InChI is InChI=1S/C17H27N3O4S2/c1-23-19-15(21)7-3-5-11-25-14-9-10-18-17(13-14)26-12-6-4-8-16(22)20-24-2/h9-10,13H,3-8,11-12H2,1-2H3,(H,19,21)(H,20,22). The number of hydrogen-bond donors (Lipinski definition) is 2. The van der Waals surface area contributed by atoms with E-state index in [4.69, 9.17) is 0 Å². The second-order valence-electron chi connectivity index (χ2n) is 5.40. The first-order valence-electron chi connectivity index (χ1n) is 8.51. The van der Waals surface area contributed by atoms with Crippen LogP contribution in [0.2, 0.25) is 0 Å². The van der Waals surface area contributed by atoms with Gasteiger partial charge >= 0.3 is 0 Å². The van der Waals surface area contributed by atoms with Crippen molar-refractivity contribution >= 4 is 35.3 Å². The zero-order valence-corrected chi connectivity index (χ0v) is 16.9. The van der Waals surface area contributed by atoms with Crippen LogP contribution in [-0.2, 0) is 19.3 Å². The summed E-state index contributed by atoms with van der Waals surface area (Å²) in [4.78, 5) is 37.2. The van der Waals surface area contributed by atoms with Gasteiger partial charge in [-0.3, -0.25) is 19.3 Å². The van der Waals surface area contributed by atoms with Gasteiger partial charge in [0.25, 0.3) is 0 Å². The summed E-state index contributed by atoms with van der Waals surface area (Å²) in [5.41, 5.74) is 4.63. The highest BCUT2D eigenvalue weighted by molar-refractivity contribution is 8.00. The highest BCUT2D eigenvalue weighted by atomic mass is 32.2. The zero-order chi connectivity index (χ0) is 19.0. The van der Waals surface area contributed by atoms with Crippen LogP contribution in [0.3, 0.4) is 0 Å². The molecule has 2 amide bonds. The summed E-state index contributed by atoms with van der Waals surface area (Å²) in [6, 6.07) is 4.09. The minimum atomic E-state index is -0.0891. The molecule has 0 aromatic carbocycles. The van der Waals surface area contributed by atoms with Crippen LogP contribution >= 0.6 is 23.5 Å². The van der Waals surface area contributed by atoms with Gasteiger partial charge in [-0.05, 0) is 49.3 Å². The monoisotopic (exact) mass is 401 g/mol. The van der Waals surface area contributed by atoms with Gasteiger partial charge in [0.1, 0.15) is 0 Å². The lowest BCUT2D eigenvalue weighted by molar-refractivity contribution is -0.132. The molecule has 1 aromatic heterocycles. The van der Waals surface area contributed by atoms with Crippen molar-refractivity contribution in [1.29, 1.82) is 0 Å². The molecule has 1 rings (SSSR count). The smallest absolute Gasteiger partial charge is 0.243 e. The molecule has 0 fully saturated rings. The number of aromatic nitrogens is 1. The largest absolute Gasteiger partial charge is 0.277 e. The molecule has 1 heterocycles. The molecular formula is C17H27N3O4S2. The van der Waals surface area contributed by atoms with Crippen molar-refractivity contribution in [2.75, 3.05) is 25.7 Å². The molecule has 9 heteroatoms. The van der Waals surface area contributed by atoms with Crippen LogP contribution in [-0.4, -0.2) is 42.5 Å². The maximum atomic E-state index is 11.3. The third-order valence-corrected chi connectivity index (χ3v) is 5.35. The van der Waals surface area contributed by atoms with Crippen LogP contribution in [0.1, 0.15) is 38.5 Å². The quantitative estimate of drug-likeness (QED) is 0.281. The van der Waals surface area contributed by atoms with Gasteiger partial charge in [-0.1, -0.05) is 0 Å². The van der Waals surface area contributed by atoms with Crippen LogP contribution in [0.4, 0.5) is 0 Å². The van der Waals surface area contributed by atoms with E-state index < -0.39 is 0 Å². The van der Waals surface area contributed by atoms with E-state index in [1.54, 1.807) is 23.5 Å². The Balaban J connectivity index is 2.16. The lowest BCUT2D eigenvalue weighted by Crippen LogP contribution is -2.21. The SMILES string of the molecule is CONC(=O)CCCCSc1ccnc(SCCCCC(=O)NOC)c1. The van der Waals surface area contributed by atoms with Crippen molar-refractivity contribution in [3.8, 4) is 0 Å². The fraction of sp³-hybridized carbons (Fsp3) is 0.588. The molecule has 2 N–H and O–H groups in total. The van der Waals surface area contributed by atoms with Gasteiger partial charge in [0.2, 0.25) is 11.8 Å². The summed E-state index contributed by atoms with van der Waals surface area (Å²) in [6.07, 6.45) is 6.36. The van der Waals surface area contributed by atoms with E-state index in [-0.39, 0.29) is 11.8 Å². The highest BCUT2D eigenvalue weighted by Gasteiger charge is 2.03. The molecule has 0 atom stereocenters. The van der Waals surface area contributed by atoms with Crippen LogP contribution in [0, 0.1) is 0 Å². The molecule has 7 nitrogen and oxygen atoms in total. The van der Waals surface area contributed by atoms with Crippen molar-refractivity contribution in [3.63, 3.8) is 0 Å². The van der Waals surface area contributed by atoms with Gasteiger partial charge in [-0.2, -0.15) is 0 Å². The van der Waals surface area contributed by atoms with Crippen molar-refractivity contribution < 1.29 is 19.3 Å². The number of rotatable bonds is 14. The van der Waals surface area contributed by atoms with Gasteiger partial charge < -0.3 is 0 Å². The molecule has 0 aliphatic carbocycles. The molecule has 146 valence electrons. The summed E-state index contributed by atoms with van der Waals surface area (Å²) in [5, 5.41) is 0.996. The molecule has 0 saturated carbocycles. The Kier molecular flexibility index (Phi) is 13.0. The number of unbranched alkanes of at least 4 members (excludes halogenated alkanes) is 2. The lowest BCUT2D eigenvalue weighted by Gasteiger charge is -2.05. The van der Waals surface area contributed by atoms with Crippen molar-refractivity contribution in [1.82, 2.24) is 15.9 Å². The Morgan fingerprint density at radius 3 is 2.12 bits per heavy atom. The summed E-state index contributed by atoms with van der Waals surface area (Å²) < 4.78 is 0. The van der Waals surface area contributed by atoms with E-state index in [9.17, 15) is 9.59 Å². The molecule has 0 unspecified atom stereocenters. The normalized spacial score (nSPS) is 10.5. The fourth-order valence-electron chi connectivity index (χ4n) is 2.03. The second-order valence-corrected chi connectivity index (χ2v) is 7.68. The zero-order valence-electron chi connectivity index (χ0n) is 15.3. The van der Waals surface area contributed by atoms with E-state index >= 15 is 0 Å².